The molecule has 7 aromatic rings. The molecule has 2 radical (unpaired) electrons. The zero-order valence-corrected chi connectivity index (χ0v) is 36.0. The van der Waals surface area contributed by atoms with E-state index in [0.29, 0.717) is 0 Å². The smallest absolute Gasteiger partial charge is 0.175 e. The molecule has 53 heavy (non-hydrogen) atoms. The minimum Gasteiger partial charge on any atom is -0.175 e. The van der Waals surface area contributed by atoms with Gasteiger partial charge < -0.3 is 0 Å². The summed E-state index contributed by atoms with van der Waals surface area (Å²) in [6.07, 6.45) is 3.40. The maximum atomic E-state index is 3.67. The van der Waals surface area contributed by atoms with Crippen LogP contribution in [-0.4, -0.2) is 9.52 Å². The first-order valence-corrected chi connectivity index (χ1v) is 19.8. The van der Waals surface area contributed by atoms with Gasteiger partial charge in [0.25, 0.3) is 0 Å². The van der Waals surface area contributed by atoms with E-state index in [1.807, 2.05) is 0 Å². The van der Waals surface area contributed by atoms with Crippen molar-refractivity contribution in [1.82, 2.24) is 0 Å². The molecule has 0 aliphatic heterocycles. The van der Waals surface area contributed by atoms with E-state index in [1.165, 1.54) is 84.1 Å². The Kier molecular flexibility index (Phi) is 13.6. The summed E-state index contributed by atoms with van der Waals surface area (Å²) in [6.45, 7) is 15.8. The van der Waals surface area contributed by atoms with E-state index in [0.717, 1.165) is 15.9 Å². The van der Waals surface area contributed by atoms with Gasteiger partial charge >= 0.3 is 26.2 Å². The molecule has 1 aliphatic carbocycles. The van der Waals surface area contributed by atoms with E-state index in [9.17, 15) is 0 Å². The van der Waals surface area contributed by atoms with Gasteiger partial charge in [-0.3, -0.25) is 0 Å². The van der Waals surface area contributed by atoms with Gasteiger partial charge in [0.05, 0.1) is 0 Å². The molecule has 7 aromatic carbocycles. The van der Waals surface area contributed by atoms with Crippen LogP contribution in [0.5, 0.6) is 0 Å². The third-order valence-corrected chi connectivity index (χ3v) is 11.0. The van der Waals surface area contributed by atoms with E-state index in [2.05, 4.69) is 206 Å². The quantitative estimate of drug-likeness (QED) is 0.120. The van der Waals surface area contributed by atoms with Crippen LogP contribution in [0, 0.1) is 6.07 Å². The van der Waals surface area contributed by atoms with Gasteiger partial charge in [0.15, 0.2) is 0 Å². The summed E-state index contributed by atoms with van der Waals surface area (Å²) >= 11 is 0. The first kappa shape index (κ1) is 40.2. The summed E-state index contributed by atoms with van der Waals surface area (Å²) in [6, 6.07) is 58.2. The Morgan fingerprint density at radius 3 is 1.79 bits per heavy atom. The Balaban J connectivity index is 0.000000156. The summed E-state index contributed by atoms with van der Waals surface area (Å²) in [5.74, 6) is 0. The van der Waals surface area contributed by atoms with E-state index in [4.69, 9.17) is 0 Å². The van der Waals surface area contributed by atoms with Crippen molar-refractivity contribution >= 4 is 30.7 Å². The number of rotatable bonds is 5. The summed E-state index contributed by atoms with van der Waals surface area (Å²) in [5, 5.41) is 5.54. The summed E-state index contributed by atoms with van der Waals surface area (Å²) in [7, 11) is 0.777. The molecule has 2 heteroatoms. The Morgan fingerprint density at radius 1 is 0.604 bits per heavy atom. The number of fused-ring (bicyclic) bond motifs is 4. The largest absolute Gasteiger partial charge is 2.00 e. The monoisotopic (exact) mass is 782 g/mol. The number of hydrogen-bond donors (Lipinski definition) is 0. The van der Waals surface area contributed by atoms with Crippen LogP contribution < -0.4 is 10.4 Å². The van der Waals surface area contributed by atoms with E-state index in [1.54, 1.807) is 0 Å². The molecule has 0 unspecified atom stereocenters. The van der Waals surface area contributed by atoms with Gasteiger partial charge in [0.2, 0.25) is 0 Å². The predicted octanol–water partition coefficient (Wildman–Crippen LogP) is 12.2. The zero-order valence-electron chi connectivity index (χ0n) is 32.6. The molecular formula is C51H52SiZr. The molecule has 1 aliphatic rings. The van der Waals surface area contributed by atoms with Crippen LogP contribution >= 0.6 is 0 Å². The molecule has 0 spiro atoms. The Morgan fingerprint density at radius 2 is 1.21 bits per heavy atom. The fourth-order valence-corrected chi connectivity index (χ4v) is 7.89. The van der Waals surface area contributed by atoms with Gasteiger partial charge in [0.1, 0.15) is 9.52 Å². The van der Waals surface area contributed by atoms with Crippen LogP contribution in [0.1, 0.15) is 82.7 Å². The van der Waals surface area contributed by atoms with Gasteiger partial charge in [-0.1, -0.05) is 192 Å². The second-order valence-electron chi connectivity index (χ2n) is 16.0. The Labute approximate surface area is 341 Å². The summed E-state index contributed by atoms with van der Waals surface area (Å²) in [5.41, 5.74) is 12.8. The van der Waals surface area contributed by atoms with Crippen molar-refractivity contribution < 1.29 is 26.2 Å². The predicted molar refractivity (Wildman–Crippen MR) is 228 cm³/mol. The zero-order chi connectivity index (χ0) is 36.7. The van der Waals surface area contributed by atoms with Crippen LogP contribution in [-0.2, 0) is 49.9 Å². The van der Waals surface area contributed by atoms with Crippen LogP contribution in [0.4, 0.5) is 0 Å². The number of aryl methyl sites for hydroxylation is 1. The van der Waals surface area contributed by atoms with E-state index in [-0.39, 0.29) is 37.0 Å². The molecule has 0 fully saturated rings. The second kappa shape index (κ2) is 17.9. The first-order chi connectivity index (χ1) is 25.0. The SMILES string of the molecule is CC(C)(C)c1[c-]c2c(cc1)-c1ccc(C(C)(C)C)cc1C2.CCCc1cc2c(-c3ccccc3)cccc2[cH-]1.[Zr+2].c1ccc([Si]c2ccccc2)cc1. The van der Waals surface area contributed by atoms with Crippen molar-refractivity contribution in [3.63, 3.8) is 0 Å². The van der Waals surface area contributed by atoms with E-state index >= 15 is 0 Å². The molecule has 8 rings (SSSR count). The van der Waals surface area contributed by atoms with Gasteiger partial charge in [-0.25, -0.2) is 0 Å². The minimum atomic E-state index is 0. The maximum Gasteiger partial charge on any atom is 2.00 e. The first-order valence-electron chi connectivity index (χ1n) is 18.8. The standard InChI is InChI=1S/C21H25.C18H17.C12H10Si.Zr/c1-20(2,3)16-7-9-18-14(12-16)11-15-13-17(21(4,5)6)8-10-19(15)18;1-2-7-14-12-16-10-6-11-17(18(16)13-14)15-8-4-3-5-9-15;1-3-7-11(8-4-1)13-12-9-5-2-6-10-12;/h7-10,12H,11H2,1-6H3;3-6,8-13H,2,7H2,1H3;1-10H;/q2*-1;;+2. The van der Waals surface area contributed by atoms with Crippen LogP contribution in [0.15, 0.2) is 152 Å². The molecule has 0 bridgehead atoms. The molecular weight excluding hydrogens is 732 g/mol. The normalized spacial score (nSPS) is 11.7. The molecule has 0 atom stereocenters. The van der Waals surface area contributed by atoms with Gasteiger partial charge in [-0.15, -0.1) is 45.7 Å². The molecule has 0 heterocycles. The van der Waals surface area contributed by atoms with Crippen molar-refractivity contribution in [3.05, 3.63) is 186 Å². The van der Waals surface area contributed by atoms with Gasteiger partial charge in [0, 0.05) is 0 Å². The summed E-state index contributed by atoms with van der Waals surface area (Å²) in [4.78, 5) is 0. The van der Waals surface area contributed by atoms with Crippen molar-refractivity contribution in [3.8, 4) is 22.3 Å². The van der Waals surface area contributed by atoms with Gasteiger partial charge in [-0.2, -0.15) is 29.8 Å². The average molecular weight is 784 g/mol. The number of benzene rings is 6. The third kappa shape index (κ3) is 10.4. The Hall–Kier alpha value is -3.97. The fourth-order valence-electron chi connectivity index (χ4n) is 6.84. The Bertz CT molecular complexity index is 2100. The molecule has 0 aromatic heterocycles. The molecule has 0 nitrogen and oxygen atoms in total. The molecule has 264 valence electrons. The summed E-state index contributed by atoms with van der Waals surface area (Å²) < 4.78 is 0. The van der Waals surface area contributed by atoms with Crippen molar-refractivity contribution in [2.75, 3.05) is 0 Å². The molecule has 0 N–H and O–H groups in total. The maximum absolute atomic E-state index is 3.67. The minimum absolute atomic E-state index is 0. The van der Waals surface area contributed by atoms with E-state index < -0.39 is 0 Å². The van der Waals surface area contributed by atoms with Crippen LogP contribution in [0.3, 0.4) is 0 Å². The average Bonchev–Trinajstić information content (AvgIpc) is 3.73. The van der Waals surface area contributed by atoms with Crippen LogP contribution in [0.2, 0.25) is 0 Å². The molecule has 0 amide bonds. The molecule has 0 saturated carbocycles. The molecule has 0 saturated heterocycles. The van der Waals surface area contributed by atoms with Crippen molar-refractivity contribution in [2.45, 2.75) is 78.6 Å². The third-order valence-electron chi connectivity index (χ3n) is 9.73. The van der Waals surface area contributed by atoms with Crippen molar-refractivity contribution in [2.24, 2.45) is 0 Å². The van der Waals surface area contributed by atoms with Crippen molar-refractivity contribution in [1.29, 1.82) is 0 Å². The second-order valence-corrected chi connectivity index (χ2v) is 17.4. The number of hydrogen-bond acceptors (Lipinski definition) is 0. The van der Waals surface area contributed by atoms with Crippen LogP contribution in [0.25, 0.3) is 33.0 Å². The fraction of sp³-hybridized carbons (Fsp3) is 0.235. The van der Waals surface area contributed by atoms with Gasteiger partial charge in [-0.05, 0) is 40.4 Å². The topological polar surface area (TPSA) is 0 Å².